The number of methoxy groups -OCH3 is 1. The number of carbonyl (C=O) groups excluding carboxylic acids is 9. The van der Waals surface area contributed by atoms with Crippen LogP contribution in [0.5, 0.6) is 17.2 Å². The van der Waals surface area contributed by atoms with E-state index in [0.29, 0.717) is 49.9 Å². The summed E-state index contributed by atoms with van der Waals surface area (Å²) in [6, 6.07) is 16.5. The summed E-state index contributed by atoms with van der Waals surface area (Å²) < 4.78 is 23.1. The fourth-order valence-electron chi connectivity index (χ4n) is 10.9. The molecule has 1 saturated heterocycles. The fourth-order valence-corrected chi connectivity index (χ4v) is 10.9. The maximum Gasteiger partial charge on any atom is 0.407 e. The molecule has 8 rings (SSSR count). The number of nitrogens with one attached hydrogen (secondary N) is 4. The van der Waals surface area contributed by atoms with Gasteiger partial charge in [0.1, 0.15) is 54.3 Å². The number of amides is 6. The van der Waals surface area contributed by atoms with E-state index in [1.54, 1.807) is 24.3 Å². The molecule has 6 amide bonds. The molecule has 4 aliphatic rings. The van der Waals surface area contributed by atoms with Crippen molar-refractivity contribution in [2.75, 3.05) is 32.1 Å². The number of phenolic OH excluding ortho intramolecular Hbond substituents is 2. The topological polar surface area (TPSA) is 371 Å². The molecule has 0 radical (unpaired) electrons. The lowest BCUT2D eigenvalue weighted by molar-refractivity contribution is -0.368. The second kappa shape index (κ2) is 27.3. The minimum absolute atomic E-state index is 0.0272. The standard InChI is InChI=1S/C60H68N6O18/c1-32-52(72)39(27-47(83-32)84-42-29-60(80,43(68)30-67)28-37-49(42)56(76)51-50(54(37)74)53(73)36-14-11-16-41(81-2)48(36)55(51)75)65-59(79)82-31-34-18-20-35(21-19-34)62-57(77)38(15-8-9-24-61)64-58(78)40(26-33-12-5-3-6-13-33)63-44(69)17-7-4-10-25-66-45(70)22-23-46(66)71/h3,5-6,11-14,16,18-23,32,38-40,42,47,52,67,72,74,76,80H,4,7-10,15,17,24-31,61H2,1-2H3,(H,62,77)(H,63,69)(H,64,78)(H,65,79)/p+1/t32?,38?,39?,40-,42?,47?,52?,60-/m0/s1. The number of imide groups is 1. The van der Waals surface area contributed by atoms with E-state index in [1.165, 1.54) is 44.4 Å². The second-order valence-corrected chi connectivity index (χ2v) is 21.2. The van der Waals surface area contributed by atoms with Gasteiger partial charge < -0.3 is 71.5 Å². The fraction of sp³-hybridized carbons (Fsp3) is 0.417. The van der Waals surface area contributed by atoms with Crippen molar-refractivity contribution in [2.24, 2.45) is 0 Å². The van der Waals surface area contributed by atoms with Gasteiger partial charge >= 0.3 is 6.09 Å². The van der Waals surface area contributed by atoms with Crippen molar-refractivity contribution in [1.82, 2.24) is 20.9 Å². The molecule has 0 bridgehead atoms. The van der Waals surface area contributed by atoms with Crippen LogP contribution in [0.2, 0.25) is 0 Å². The molecule has 24 heteroatoms. The number of fused-ring (bicyclic) bond motifs is 3. The molecule has 4 aromatic rings. The van der Waals surface area contributed by atoms with E-state index < -0.39 is 126 Å². The van der Waals surface area contributed by atoms with Crippen LogP contribution in [-0.2, 0) is 62.4 Å². The highest BCUT2D eigenvalue weighted by atomic mass is 16.7. The Morgan fingerprint density at radius 2 is 1.52 bits per heavy atom. The van der Waals surface area contributed by atoms with Crippen molar-refractivity contribution in [3.05, 3.63) is 129 Å². The number of hydrogen-bond donors (Lipinski definition) is 10. The van der Waals surface area contributed by atoms with E-state index in [4.69, 9.17) is 18.9 Å². The van der Waals surface area contributed by atoms with Crippen molar-refractivity contribution in [3.8, 4) is 17.2 Å². The predicted octanol–water partition coefficient (Wildman–Crippen LogP) is 2.02. The maximum atomic E-state index is 14.1. The Labute approximate surface area is 482 Å². The van der Waals surface area contributed by atoms with Gasteiger partial charge in [0.25, 0.3) is 11.8 Å². The van der Waals surface area contributed by atoms with Crippen molar-refractivity contribution in [3.63, 3.8) is 0 Å². The highest BCUT2D eigenvalue weighted by Gasteiger charge is 2.50. The van der Waals surface area contributed by atoms with Crippen LogP contribution in [0.15, 0.2) is 84.9 Å². The van der Waals surface area contributed by atoms with Gasteiger partial charge in [-0.1, -0.05) is 61.0 Å². The summed E-state index contributed by atoms with van der Waals surface area (Å²) in [4.78, 5) is 120. The van der Waals surface area contributed by atoms with Gasteiger partial charge in [-0.15, -0.1) is 0 Å². The normalized spacial score (nSPS) is 21.4. The number of rotatable bonds is 25. The number of anilines is 1. The molecule has 8 atom stereocenters. The zero-order chi connectivity index (χ0) is 60.4. The van der Waals surface area contributed by atoms with Crippen LogP contribution in [0.25, 0.3) is 0 Å². The first-order chi connectivity index (χ1) is 40.2. The molecular formula is C60H69N6O18+. The summed E-state index contributed by atoms with van der Waals surface area (Å²) in [5, 5.41) is 67.5. The molecule has 446 valence electrons. The molecule has 12 N–H and O–H groups in total. The number of aliphatic hydroxyl groups is 3. The Morgan fingerprint density at radius 3 is 2.21 bits per heavy atom. The van der Waals surface area contributed by atoms with Gasteiger partial charge in [-0.05, 0) is 68.4 Å². The summed E-state index contributed by atoms with van der Waals surface area (Å²) in [5.41, 5.74) is 1.13. The number of ketones is 3. The number of Topliss-reactive ketones (excluding diaryl/α,β-unsaturated/α-hetero) is 1. The number of nitrogens with zero attached hydrogens (tertiary/aromatic N) is 1. The zero-order valence-corrected chi connectivity index (χ0v) is 46.4. The third-order valence-electron chi connectivity index (χ3n) is 15.4. The molecule has 2 aliphatic carbocycles. The van der Waals surface area contributed by atoms with Crippen molar-refractivity contribution in [1.29, 1.82) is 0 Å². The molecule has 4 aromatic carbocycles. The lowest BCUT2D eigenvalue weighted by atomic mass is 9.72. The number of benzene rings is 4. The first kappa shape index (κ1) is 61.7. The van der Waals surface area contributed by atoms with Gasteiger partial charge in [-0.2, -0.15) is 0 Å². The van der Waals surface area contributed by atoms with Crippen LogP contribution in [0.3, 0.4) is 0 Å². The summed E-state index contributed by atoms with van der Waals surface area (Å²) >= 11 is 0. The Morgan fingerprint density at radius 1 is 0.810 bits per heavy atom. The Kier molecular flexibility index (Phi) is 20.1. The van der Waals surface area contributed by atoms with Crippen molar-refractivity contribution >= 4 is 58.7 Å². The van der Waals surface area contributed by atoms with Crippen LogP contribution in [0.1, 0.15) is 125 Å². The molecular weight excluding hydrogens is 1090 g/mol. The summed E-state index contributed by atoms with van der Waals surface area (Å²) in [6.45, 7) is 0.923. The lowest BCUT2D eigenvalue weighted by Gasteiger charge is -2.42. The van der Waals surface area contributed by atoms with Crippen LogP contribution in [-0.4, -0.2) is 152 Å². The summed E-state index contributed by atoms with van der Waals surface area (Å²) in [5.74, 6) is -6.53. The molecule has 6 unspecified atom stereocenters. The van der Waals surface area contributed by atoms with Crippen LogP contribution < -0.4 is 31.7 Å². The molecule has 0 aromatic heterocycles. The van der Waals surface area contributed by atoms with E-state index in [0.717, 1.165) is 10.5 Å². The SMILES string of the molecule is COc1cccc2c1C(=O)c1c(O)c3c(c(O)c1C2=O)C[C@@](O)(C(=O)CO)CC3OC1CC(NC(=O)OCc2ccc(NC(=O)C(CCCC[NH3+])NC(=O)[C@H](Cc3ccccc3)NC(=O)CCCCCN3C(=O)C=CC3=O)cc2)C(O)C(C)O1. The summed E-state index contributed by atoms with van der Waals surface area (Å²) in [6.07, 6.45) is -2.14. The first-order valence-corrected chi connectivity index (χ1v) is 27.8. The van der Waals surface area contributed by atoms with Crippen molar-refractivity contribution < 1.29 is 93.4 Å². The number of aliphatic hydroxyl groups excluding tert-OH is 2. The summed E-state index contributed by atoms with van der Waals surface area (Å²) in [7, 11) is 1.29. The van der Waals surface area contributed by atoms with E-state index in [9.17, 15) is 68.7 Å². The Hall–Kier alpha value is -8.39. The average Bonchev–Trinajstić information content (AvgIpc) is 1.06. The number of ether oxygens (including phenoxy) is 4. The van der Waals surface area contributed by atoms with Crippen LogP contribution in [0.4, 0.5) is 10.5 Å². The number of hydrogen-bond acceptors (Lipinski definition) is 18. The van der Waals surface area contributed by atoms with E-state index in [2.05, 4.69) is 27.0 Å². The number of alkyl carbamates (subject to hydrolysis) is 1. The van der Waals surface area contributed by atoms with Gasteiger partial charge in [0.05, 0.1) is 48.6 Å². The molecule has 2 heterocycles. The quantitative estimate of drug-likeness (QED) is 0.0227. The largest absolute Gasteiger partial charge is 0.507 e. The minimum Gasteiger partial charge on any atom is -0.507 e. The molecule has 24 nitrogen and oxygen atoms in total. The van der Waals surface area contributed by atoms with Gasteiger partial charge in [0.2, 0.25) is 23.5 Å². The zero-order valence-electron chi connectivity index (χ0n) is 46.4. The van der Waals surface area contributed by atoms with E-state index in [-0.39, 0.29) is 84.6 Å². The number of carbonyl (C=O) groups is 9. The first-order valence-electron chi connectivity index (χ1n) is 27.8. The second-order valence-electron chi connectivity index (χ2n) is 21.2. The Bertz CT molecular complexity index is 3190. The highest BCUT2D eigenvalue weighted by Crippen LogP contribution is 2.52. The Balaban J connectivity index is 0.880. The molecule has 1 fully saturated rings. The molecule has 84 heavy (non-hydrogen) atoms. The number of quaternary nitrogens is 1. The molecule has 0 saturated carbocycles. The molecule has 2 aliphatic heterocycles. The third kappa shape index (κ3) is 14.0. The van der Waals surface area contributed by atoms with Crippen LogP contribution >= 0.6 is 0 Å². The number of aromatic hydroxyl groups is 2. The maximum absolute atomic E-state index is 14.1. The smallest absolute Gasteiger partial charge is 0.407 e. The monoisotopic (exact) mass is 1160 g/mol. The van der Waals surface area contributed by atoms with Crippen LogP contribution in [0, 0.1) is 0 Å². The number of unbranched alkanes of at least 4 members (excludes halogenated alkanes) is 3. The van der Waals surface area contributed by atoms with Crippen molar-refractivity contribution in [2.45, 2.75) is 132 Å². The van der Waals surface area contributed by atoms with Gasteiger partial charge in [-0.25, -0.2) is 4.79 Å². The van der Waals surface area contributed by atoms with E-state index in [1.807, 2.05) is 30.3 Å². The lowest BCUT2D eigenvalue weighted by Crippen LogP contribution is -2.56. The third-order valence-corrected chi connectivity index (χ3v) is 15.4. The number of phenols is 2. The van der Waals surface area contributed by atoms with E-state index >= 15 is 0 Å². The van der Waals surface area contributed by atoms with Gasteiger partial charge in [0.15, 0.2) is 17.9 Å². The average molecular weight is 1160 g/mol. The minimum atomic E-state index is -2.41. The molecule has 0 spiro atoms. The highest BCUT2D eigenvalue weighted by molar-refractivity contribution is 6.31. The van der Waals surface area contributed by atoms with Gasteiger partial charge in [0, 0.05) is 73.2 Å². The van der Waals surface area contributed by atoms with Gasteiger partial charge in [-0.3, -0.25) is 43.3 Å². The predicted molar refractivity (Wildman–Crippen MR) is 296 cm³/mol.